The number of benzene rings is 1. The van der Waals surface area contributed by atoms with E-state index in [4.69, 9.17) is 0 Å². The minimum Gasteiger partial charge on any atom is -0.317 e. The van der Waals surface area contributed by atoms with Crippen LogP contribution in [0.3, 0.4) is 0 Å². The van der Waals surface area contributed by atoms with E-state index in [1.54, 1.807) is 0 Å². The lowest BCUT2D eigenvalue weighted by atomic mass is 10.1. The standard InChI is InChI=1S/C15H23NO2S/c1-11-5-4-6-13(9-11)10-19(17,18)15-8-7-14(16-3)12(15)2/h4-6,9,12,14-16H,7-8,10H2,1-3H3. The third kappa shape index (κ3) is 3.18. The summed E-state index contributed by atoms with van der Waals surface area (Å²) in [7, 11) is -1.15. The second-order valence-corrected chi connectivity index (χ2v) is 7.89. The van der Waals surface area contributed by atoms with Crippen molar-refractivity contribution in [2.45, 2.75) is 43.7 Å². The van der Waals surface area contributed by atoms with Crippen LogP contribution in [0.4, 0.5) is 0 Å². The third-order valence-corrected chi connectivity index (χ3v) is 6.59. The van der Waals surface area contributed by atoms with Gasteiger partial charge in [0.15, 0.2) is 9.84 Å². The second-order valence-electron chi connectivity index (χ2n) is 5.67. The van der Waals surface area contributed by atoms with Crippen LogP contribution in [0.15, 0.2) is 24.3 Å². The van der Waals surface area contributed by atoms with Gasteiger partial charge in [-0.15, -0.1) is 0 Å². The van der Waals surface area contributed by atoms with Gasteiger partial charge in [-0.1, -0.05) is 36.8 Å². The maximum Gasteiger partial charge on any atom is 0.157 e. The molecule has 0 radical (unpaired) electrons. The lowest BCUT2D eigenvalue weighted by molar-refractivity contribution is 0.453. The quantitative estimate of drug-likeness (QED) is 0.921. The number of aryl methyl sites for hydroxylation is 1. The van der Waals surface area contributed by atoms with Crippen molar-refractivity contribution < 1.29 is 8.42 Å². The van der Waals surface area contributed by atoms with E-state index >= 15 is 0 Å². The summed E-state index contributed by atoms with van der Waals surface area (Å²) in [4.78, 5) is 0. The minimum atomic E-state index is -3.06. The van der Waals surface area contributed by atoms with Crippen molar-refractivity contribution in [3.8, 4) is 0 Å². The largest absolute Gasteiger partial charge is 0.317 e. The van der Waals surface area contributed by atoms with Gasteiger partial charge in [-0.3, -0.25) is 0 Å². The minimum absolute atomic E-state index is 0.167. The zero-order valence-corrected chi connectivity index (χ0v) is 12.7. The number of sulfone groups is 1. The first-order valence-corrected chi connectivity index (χ1v) is 8.60. The molecule has 1 N–H and O–H groups in total. The molecule has 1 aliphatic carbocycles. The van der Waals surface area contributed by atoms with Crippen LogP contribution in [0.5, 0.6) is 0 Å². The Morgan fingerprint density at radius 3 is 2.63 bits per heavy atom. The number of hydrogen-bond donors (Lipinski definition) is 1. The van der Waals surface area contributed by atoms with Crippen molar-refractivity contribution in [2.75, 3.05) is 7.05 Å². The lowest BCUT2D eigenvalue weighted by Crippen LogP contribution is -2.34. The molecule has 1 fully saturated rings. The molecule has 0 amide bonds. The molecule has 1 aliphatic rings. The van der Waals surface area contributed by atoms with E-state index in [-0.39, 0.29) is 16.9 Å². The van der Waals surface area contributed by atoms with Crippen LogP contribution in [-0.2, 0) is 15.6 Å². The van der Waals surface area contributed by atoms with Crippen molar-refractivity contribution in [3.05, 3.63) is 35.4 Å². The highest BCUT2D eigenvalue weighted by Crippen LogP contribution is 2.32. The van der Waals surface area contributed by atoms with Gasteiger partial charge < -0.3 is 5.32 Å². The van der Waals surface area contributed by atoms with E-state index in [0.717, 1.165) is 24.0 Å². The average molecular weight is 281 g/mol. The molecule has 2 rings (SSSR count). The van der Waals surface area contributed by atoms with E-state index in [1.807, 2.05) is 45.2 Å². The normalized spacial score (nSPS) is 27.6. The fourth-order valence-electron chi connectivity index (χ4n) is 3.18. The molecule has 1 aromatic carbocycles. The summed E-state index contributed by atoms with van der Waals surface area (Å²) in [6.45, 7) is 4.04. The summed E-state index contributed by atoms with van der Waals surface area (Å²) in [5, 5.41) is 3.02. The smallest absolute Gasteiger partial charge is 0.157 e. The Morgan fingerprint density at radius 1 is 1.32 bits per heavy atom. The van der Waals surface area contributed by atoms with E-state index in [0.29, 0.717) is 6.04 Å². The molecule has 1 saturated carbocycles. The Balaban J connectivity index is 2.15. The maximum atomic E-state index is 12.6. The van der Waals surface area contributed by atoms with Gasteiger partial charge in [0.05, 0.1) is 11.0 Å². The molecule has 0 spiro atoms. The maximum absolute atomic E-state index is 12.6. The second kappa shape index (κ2) is 5.63. The number of rotatable bonds is 4. The molecule has 3 unspecified atom stereocenters. The fraction of sp³-hybridized carbons (Fsp3) is 0.600. The predicted molar refractivity (Wildman–Crippen MR) is 78.8 cm³/mol. The molecule has 0 saturated heterocycles. The molecule has 4 heteroatoms. The van der Waals surface area contributed by atoms with E-state index in [1.165, 1.54) is 0 Å². The summed E-state index contributed by atoms with van der Waals surface area (Å²) in [6, 6.07) is 8.12. The Morgan fingerprint density at radius 2 is 2.05 bits per heavy atom. The molecule has 0 aliphatic heterocycles. The Hall–Kier alpha value is -0.870. The van der Waals surface area contributed by atoms with E-state index < -0.39 is 9.84 Å². The summed E-state index contributed by atoms with van der Waals surface area (Å²) < 4.78 is 25.1. The Kier molecular flexibility index (Phi) is 4.31. The zero-order chi connectivity index (χ0) is 14.0. The van der Waals surface area contributed by atoms with Gasteiger partial charge in [0, 0.05) is 6.04 Å². The topological polar surface area (TPSA) is 46.2 Å². The Bertz CT molecular complexity index is 539. The zero-order valence-electron chi connectivity index (χ0n) is 11.9. The van der Waals surface area contributed by atoms with Crippen LogP contribution in [0, 0.1) is 12.8 Å². The number of nitrogens with one attached hydrogen (secondary N) is 1. The molecule has 106 valence electrons. The summed E-state index contributed by atoms with van der Waals surface area (Å²) in [6.07, 6.45) is 1.73. The monoisotopic (exact) mass is 281 g/mol. The number of hydrogen-bond acceptors (Lipinski definition) is 3. The summed E-state index contributed by atoms with van der Waals surface area (Å²) in [5.41, 5.74) is 2.01. The van der Waals surface area contributed by atoms with Crippen LogP contribution >= 0.6 is 0 Å². The van der Waals surface area contributed by atoms with Crippen molar-refractivity contribution in [2.24, 2.45) is 5.92 Å². The van der Waals surface area contributed by atoms with Gasteiger partial charge >= 0.3 is 0 Å². The van der Waals surface area contributed by atoms with Gasteiger partial charge in [-0.05, 0) is 38.3 Å². The van der Waals surface area contributed by atoms with Crippen molar-refractivity contribution >= 4 is 9.84 Å². The van der Waals surface area contributed by atoms with Crippen LogP contribution in [0.25, 0.3) is 0 Å². The highest BCUT2D eigenvalue weighted by atomic mass is 32.2. The SMILES string of the molecule is CNC1CCC(S(=O)(=O)Cc2cccc(C)c2)C1C. The summed E-state index contributed by atoms with van der Waals surface area (Å²) in [5.74, 6) is 0.361. The molecule has 0 bridgehead atoms. The van der Waals surface area contributed by atoms with Gasteiger partial charge in [-0.25, -0.2) is 8.42 Å². The van der Waals surface area contributed by atoms with Crippen LogP contribution in [-0.4, -0.2) is 26.8 Å². The molecular formula is C15H23NO2S. The van der Waals surface area contributed by atoms with Crippen LogP contribution in [0.2, 0.25) is 0 Å². The van der Waals surface area contributed by atoms with Crippen molar-refractivity contribution in [3.63, 3.8) is 0 Å². The molecular weight excluding hydrogens is 258 g/mol. The van der Waals surface area contributed by atoms with Gasteiger partial charge in [0.2, 0.25) is 0 Å². The molecule has 1 aromatic rings. The first kappa shape index (κ1) is 14.5. The van der Waals surface area contributed by atoms with E-state index in [2.05, 4.69) is 5.32 Å². The molecule has 3 atom stereocenters. The first-order valence-electron chi connectivity index (χ1n) is 6.88. The van der Waals surface area contributed by atoms with Crippen molar-refractivity contribution in [1.29, 1.82) is 0 Å². The molecule has 3 nitrogen and oxygen atoms in total. The van der Waals surface area contributed by atoms with Gasteiger partial charge in [0.1, 0.15) is 0 Å². The molecule has 19 heavy (non-hydrogen) atoms. The highest BCUT2D eigenvalue weighted by Gasteiger charge is 2.39. The van der Waals surface area contributed by atoms with Crippen LogP contribution in [0.1, 0.15) is 30.9 Å². The van der Waals surface area contributed by atoms with E-state index in [9.17, 15) is 8.42 Å². The Labute approximate surface area is 116 Å². The first-order chi connectivity index (χ1) is 8.94. The fourth-order valence-corrected chi connectivity index (χ4v) is 5.38. The molecule has 0 aromatic heterocycles. The highest BCUT2D eigenvalue weighted by molar-refractivity contribution is 7.91. The molecule has 0 heterocycles. The predicted octanol–water partition coefficient (Wildman–Crippen LogP) is 2.30. The van der Waals surface area contributed by atoms with Gasteiger partial charge in [-0.2, -0.15) is 0 Å². The van der Waals surface area contributed by atoms with Crippen LogP contribution < -0.4 is 5.32 Å². The van der Waals surface area contributed by atoms with Gasteiger partial charge in [0.25, 0.3) is 0 Å². The van der Waals surface area contributed by atoms with Crippen molar-refractivity contribution in [1.82, 2.24) is 5.32 Å². The average Bonchev–Trinajstić information content (AvgIpc) is 2.70. The summed E-state index contributed by atoms with van der Waals surface area (Å²) >= 11 is 0. The third-order valence-electron chi connectivity index (χ3n) is 4.27. The lowest BCUT2D eigenvalue weighted by Gasteiger charge is -2.20.